The van der Waals surface area contributed by atoms with Crippen LogP contribution < -0.4 is 4.74 Å². The molecular formula is C22H26FN5O. The first kappa shape index (κ1) is 19.5. The van der Waals surface area contributed by atoms with Crippen molar-refractivity contribution in [1.82, 2.24) is 25.6 Å². The van der Waals surface area contributed by atoms with Crippen LogP contribution in [-0.4, -0.2) is 31.7 Å². The Morgan fingerprint density at radius 2 is 2.03 bits per heavy atom. The minimum Gasteiger partial charge on any atom is -0.474 e. The lowest BCUT2D eigenvalue weighted by molar-refractivity contribution is 0.178. The summed E-state index contributed by atoms with van der Waals surface area (Å²) in [7, 11) is 0. The third-order valence-electron chi connectivity index (χ3n) is 5.47. The van der Waals surface area contributed by atoms with E-state index in [0.717, 1.165) is 67.3 Å². The molecule has 0 bridgehead atoms. The van der Waals surface area contributed by atoms with Crippen molar-refractivity contribution >= 4 is 0 Å². The van der Waals surface area contributed by atoms with Crippen LogP contribution in [0.1, 0.15) is 57.2 Å². The number of ether oxygens (including phenoxy) is 1. The molecule has 4 rings (SSSR count). The Balaban J connectivity index is 1.97. The highest BCUT2D eigenvalue weighted by atomic mass is 19.1. The van der Waals surface area contributed by atoms with E-state index in [-0.39, 0.29) is 11.9 Å². The molecule has 1 N–H and O–H groups in total. The van der Waals surface area contributed by atoms with Gasteiger partial charge in [-0.25, -0.2) is 9.37 Å². The van der Waals surface area contributed by atoms with Crippen LogP contribution in [0.5, 0.6) is 5.88 Å². The summed E-state index contributed by atoms with van der Waals surface area (Å²) in [5, 5.41) is 14.7. The van der Waals surface area contributed by atoms with Crippen molar-refractivity contribution in [2.75, 3.05) is 0 Å². The molecule has 2 heterocycles. The molecule has 0 fully saturated rings. The van der Waals surface area contributed by atoms with Gasteiger partial charge >= 0.3 is 0 Å². The SMILES string of the molecule is CCCC(CC)Oc1nc2c(c(-c3cccc(F)c3)c1-c1nn[nH]n1)CCCC2. The van der Waals surface area contributed by atoms with Gasteiger partial charge in [0.25, 0.3) is 0 Å². The maximum absolute atomic E-state index is 14.1. The quantitative estimate of drug-likeness (QED) is 0.615. The second kappa shape index (κ2) is 8.68. The molecular weight excluding hydrogens is 369 g/mol. The second-order valence-electron chi connectivity index (χ2n) is 7.48. The lowest BCUT2D eigenvalue weighted by Crippen LogP contribution is -2.18. The number of nitrogens with one attached hydrogen (secondary N) is 1. The fourth-order valence-electron chi connectivity index (χ4n) is 4.07. The Kier molecular flexibility index (Phi) is 5.83. The zero-order chi connectivity index (χ0) is 20.2. The average molecular weight is 395 g/mol. The topological polar surface area (TPSA) is 76.6 Å². The zero-order valence-corrected chi connectivity index (χ0v) is 16.9. The predicted molar refractivity (Wildman–Crippen MR) is 109 cm³/mol. The number of aromatic nitrogens is 5. The third-order valence-corrected chi connectivity index (χ3v) is 5.47. The predicted octanol–water partition coefficient (Wildman–Crippen LogP) is 4.90. The molecule has 29 heavy (non-hydrogen) atoms. The average Bonchev–Trinajstić information content (AvgIpc) is 3.26. The first-order chi connectivity index (χ1) is 14.2. The number of hydrogen-bond acceptors (Lipinski definition) is 5. The number of aromatic amines is 1. The molecule has 6 nitrogen and oxygen atoms in total. The van der Waals surface area contributed by atoms with Gasteiger partial charge in [-0.1, -0.05) is 32.4 Å². The van der Waals surface area contributed by atoms with E-state index in [1.54, 1.807) is 12.1 Å². The molecule has 0 spiro atoms. The summed E-state index contributed by atoms with van der Waals surface area (Å²) < 4.78 is 20.5. The largest absolute Gasteiger partial charge is 0.474 e. The Morgan fingerprint density at radius 3 is 2.76 bits per heavy atom. The van der Waals surface area contributed by atoms with Crippen molar-refractivity contribution in [1.29, 1.82) is 0 Å². The summed E-state index contributed by atoms with van der Waals surface area (Å²) in [4.78, 5) is 4.91. The van der Waals surface area contributed by atoms with Gasteiger partial charge < -0.3 is 4.74 Å². The van der Waals surface area contributed by atoms with Gasteiger partial charge in [0.15, 0.2) is 0 Å². The summed E-state index contributed by atoms with van der Waals surface area (Å²) in [6, 6.07) is 6.66. The van der Waals surface area contributed by atoms with Gasteiger partial charge in [-0.3, -0.25) is 0 Å². The van der Waals surface area contributed by atoms with Crippen molar-refractivity contribution in [2.45, 2.75) is 64.9 Å². The van der Waals surface area contributed by atoms with Crippen LogP contribution in [0.3, 0.4) is 0 Å². The number of fused-ring (bicyclic) bond motifs is 1. The molecule has 0 radical (unpaired) electrons. The number of H-pyrrole nitrogens is 1. The number of nitrogens with zero attached hydrogens (tertiary/aromatic N) is 4. The normalized spacial score (nSPS) is 14.4. The Labute approximate surface area is 169 Å². The molecule has 1 atom stereocenters. The molecule has 7 heteroatoms. The third kappa shape index (κ3) is 3.99. The van der Waals surface area contributed by atoms with E-state index in [1.165, 1.54) is 6.07 Å². The molecule has 1 aliphatic carbocycles. The summed E-state index contributed by atoms with van der Waals surface area (Å²) in [5.74, 6) is 0.668. The highest BCUT2D eigenvalue weighted by Crippen LogP contribution is 2.43. The summed E-state index contributed by atoms with van der Waals surface area (Å²) >= 11 is 0. The standard InChI is InChI=1S/C22H26FN5O/c1-3-8-16(4-2)29-22-20(21-25-27-28-26-21)19(14-9-7-10-15(23)13-14)17-11-5-6-12-18(17)24-22/h7,9-10,13,16H,3-6,8,11-12H2,1-2H3,(H,25,26,27,28). The molecule has 0 saturated carbocycles. The minimum atomic E-state index is -0.275. The van der Waals surface area contributed by atoms with Crippen LogP contribution in [0, 0.1) is 5.82 Å². The lowest BCUT2D eigenvalue weighted by Gasteiger charge is -2.25. The molecule has 1 aliphatic rings. The highest BCUT2D eigenvalue weighted by molar-refractivity contribution is 5.86. The number of pyridine rings is 1. The van der Waals surface area contributed by atoms with Gasteiger partial charge in [0.05, 0.1) is 5.56 Å². The van der Waals surface area contributed by atoms with Crippen molar-refractivity contribution in [3.63, 3.8) is 0 Å². The van der Waals surface area contributed by atoms with E-state index in [1.807, 2.05) is 6.07 Å². The second-order valence-corrected chi connectivity index (χ2v) is 7.48. The van der Waals surface area contributed by atoms with Gasteiger partial charge in [0.1, 0.15) is 11.9 Å². The molecule has 152 valence electrons. The van der Waals surface area contributed by atoms with Crippen LogP contribution in [0.15, 0.2) is 24.3 Å². The van der Waals surface area contributed by atoms with Crippen LogP contribution >= 0.6 is 0 Å². The molecule has 0 saturated heterocycles. The number of benzene rings is 1. The fourth-order valence-corrected chi connectivity index (χ4v) is 4.07. The number of halogens is 1. The summed E-state index contributed by atoms with van der Waals surface area (Å²) in [6.07, 6.45) is 6.87. The molecule has 3 aromatic rings. The van der Waals surface area contributed by atoms with Gasteiger partial charge in [0.2, 0.25) is 11.7 Å². The van der Waals surface area contributed by atoms with Crippen molar-refractivity contribution in [3.8, 4) is 28.4 Å². The van der Waals surface area contributed by atoms with Crippen molar-refractivity contribution in [3.05, 3.63) is 41.3 Å². The van der Waals surface area contributed by atoms with Crippen LogP contribution in [0.2, 0.25) is 0 Å². The Hall–Kier alpha value is -2.83. The van der Waals surface area contributed by atoms with Gasteiger partial charge in [-0.15, -0.1) is 10.2 Å². The fraction of sp³-hybridized carbons (Fsp3) is 0.455. The molecule has 1 unspecified atom stereocenters. The highest BCUT2D eigenvalue weighted by Gasteiger charge is 2.28. The monoisotopic (exact) mass is 395 g/mol. The summed E-state index contributed by atoms with van der Waals surface area (Å²) in [6.45, 7) is 4.25. The van der Waals surface area contributed by atoms with Gasteiger partial charge in [-0.05, 0) is 67.0 Å². The number of rotatable bonds is 7. The van der Waals surface area contributed by atoms with Crippen molar-refractivity contribution in [2.24, 2.45) is 0 Å². The van der Waals surface area contributed by atoms with Crippen LogP contribution in [-0.2, 0) is 12.8 Å². The Morgan fingerprint density at radius 1 is 1.17 bits per heavy atom. The van der Waals surface area contributed by atoms with Crippen LogP contribution in [0.25, 0.3) is 22.5 Å². The molecule has 2 aromatic heterocycles. The molecule has 1 aromatic carbocycles. The van der Waals surface area contributed by atoms with E-state index >= 15 is 0 Å². The van der Waals surface area contributed by atoms with E-state index < -0.39 is 0 Å². The maximum Gasteiger partial charge on any atom is 0.225 e. The minimum absolute atomic E-state index is 0.0557. The van der Waals surface area contributed by atoms with E-state index in [0.29, 0.717) is 17.3 Å². The number of tetrazole rings is 1. The van der Waals surface area contributed by atoms with Crippen molar-refractivity contribution < 1.29 is 9.13 Å². The molecule has 0 aliphatic heterocycles. The van der Waals surface area contributed by atoms with Gasteiger partial charge in [-0.2, -0.15) is 5.21 Å². The summed E-state index contributed by atoms with van der Waals surface area (Å²) in [5.41, 5.74) is 4.57. The lowest BCUT2D eigenvalue weighted by atomic mass is 9.86. The van der Waals surface area contributed by atoms with E-state index in [9.17, 15) is 4.39 Å². The van der Waals surface area contributed by atoms with E-state index in [4.69, 9.17) is 9.72 Å². The first-order valence-electron chi connectivity index (χ1n) is 10.4. The smallest absolute Gasteiger partial charge is 0.225 e. The Bertz CT molecular complexity index is 974. The van der Waals surface area contributed by atoms with Gasteiger partial charge in [0, 0.05) is 11.3 Å². The molecule has 0 amide bonds. The van der Waals surface area contributed by atoms with Crippen LogP contribution in [0.4, 0.5) is 4.39 Å². The maximum atomic E-state index is 14.1. The zero-order valence-electron chi connectivity index (χ0n) is 16.9. The number of hydrogen-bond donors (Lipinski definition) is 1. The first-order valence-corrected chi connectivity index (χ1v) is 10.4. The number of aryl methyl sites for hydroxylation is 1. The van der Waals surface area contributed by atoms with E-state index in [2.05, 4.69) is 34.5 Å².